The first-order valence-electron chi connectivity index (χ1n) is 8.20. The van der Waals surface area contributed by atoms with E-state index in [1.54, 1.807) is 0 Å². The monoisotopic (exact) mass is 240 g/mol. The molecule has 0 heteroatoms. The molecule has 0 bridgehead atoms. The molecule has 0 radical (unpaired) electrons. The summed E-state index contributed by atoms with van der Waals surface area (Å²) in [5.41, 5.74) is 0. The first-order valence-corrected chi connectivity index (χ1v) is 8.20. The third-order valence-corrected chi connectivity index (χ3v) is 3.94. The van der Waals surface area contributed by atoms with Crippen LogP contribution in [0.3, 0.4) is 0 Å². The number of hydrogen-bond donors (Lipinski definition) is 0. The molecule has 0 saturated heterocycles. The lowest BCUT2D eigenvalue weighted by molar-refractivity contribution is 0.394. The highest BCUT2D eigenvalue weighted by molar-refractivity contribution is 4.58. The zero-order valence-corrected chi connectivity index (χ0v) is 12.9. The van der Waals surface area contributed by atoms with Gasteiger partial charge >= 0.3 is 0 Å². The van der Waals surface area contributed by atoms with E-state index in [0.717, 1.165) is 11.8 Å². The number of rotatable bonds is 12. The Morgan fingerprint density at radius 1 is 0.647 bits per heavy atom. The summed E-state index contributed by atoms with van der Waals surface area (Å²) >= 11 is 0. The van der Waals surface area contributed by atoms with Gasteiger partial charge in [0, 0.05) is 0 Å². The summed E-state index contributed by atoms with van der Waals surface area (Å²) in [6.07, 6.45) is 15.9. The second kappa shape index (κ2) is 12.5. The molecule has 0 aliphatic heterocycles. The van der Waals surface area contributed by atoms with E-state index in [0.29, 0.717) is 0 Å². The fourth-order valence-corrected chi connectivity index (χ4v) is 2.57. The smallest absolute Gasteiger partial charge is 0.0417 e. The highest BCUT2D eigenvalue weighted by atomic mass is 14.1. The van der Waals surface area contributed by atoms with Crippen LogP contribution in [0.15, 0.2) is 0 Å². The Balaban J connectivity index is 3.30. The zero-order chi connectivity index (χ0) is 12.9. The summed E-state index contributed by atoms with van der Waals surface area (Å²) in [5.74, 6) is 1.92. The molecule has 0 aromatic carbocycles. The molecular weight excluding hydrogens is 204 g/mol. The predicted octanol–water partition coefficient (Wildman–Crippen LogP) is 6.59. The predicted molar refractivity (Wildman–Crippen MR) is 80.5 cm³/mol. The van der Waals surface area contributed by atoms with Crippen LogP contribution in [0.1, 0.15) is 98.3 Å². The van der Waals surface area contributed by atoms with Crippen LogP contribution in [0.4, 0.5) is 0 Å². The Morgan fingerprint density at radius 3 is 1.65 bits per heavy atom. The summed E-state index contributed by atoms with van der Waals surface area (Å²) in [5, 5.41) is 0. The van der Waals surface area contributed by atoms with Gasteiger partial charge in [0.2, 0.25) is 0 Å². The molecule has 0 aromatic rings. The SMILES string of the molecule is CCCCCC(CC)CCCCCCC(C)C. The lowest BCUT2D eigenvalue weighted by Crippen LogP contribution is -1.99. The maximum Gasteiger partial charge on any atom is -0.0417 e. The van der Waals surface area contributed by atoms with E-state index in [4.69, 9.17) is 0 Å². The summed E-state index contributed by atoms with van der Waals surface area (Å²) in [6, 6.07) is 0. The van der Waals surface area contributed by atoms with Gasteiger partial charge in [0.05, 0.1) is 0 Å². The molecule has 0 amide bonds. The highest BCUT2D eigenvalue weighted by Gasteiger charge is 2.05. The molecule has 0 N–H and O–H groups in total. The molecule has 0 spiro atoms. The minimum Gasteiger partial charge on any atom is -0.0654 e. The van der Waals surface area contributed by atoms with Crippen LogP contribution in [0.5, 0.6) is 0 Å². The molecular formula is C17H36. The quantitative estimate of drug-likeness (QED) is 0.338. The average molecular weight is 240 g/mol. The second-order valence-electron chi connectivity index (χ2n) is 6.16. The third-order valence-electron chi connectivity index (χ3n) is 3.94. The summed E-state index contributed by atoms with van der Waals surface area (Å²) in [4.78, 5) is 0. The highest BCUT2D eigenvalue weighted by Crippen LogP contribution is 2.21. The standard InChI is InChI=1S/C17H36/c1-5-7-10-14-17(6-2)15-12-9-8-11-13-16(3)4/h16-17H,5-15H2,1-4H3. The first-order chi connectivity index (χ1) is 8.20. The lowest BCUT2D eigenvalue weighted by atomic mass is 9.92. The summed E-state index contributed by atoms with van der Waals surface area (Å²) in [6.45, 7) is 9.34. The minimum absolute atomic E-state index is 0.896. The Labute approximate surface area is 111 Å². The van der Waals surface area contributed by atoms with Crippen molar-refractivity contribution in [3.8, 4) is 0 Å². The largest absolute Gasteiger partial charge is 0.0654 e. The van der Waals surface area contributed by atoms with Gasteiger partial charge in [-0.15, -0.1) is 0 Å². The van der Waals surface area contributed by atoms with Crippen LogP contribution in [0.2, 0.25) is 0 Å². The molecule has 1 unspecified atom stereocenters. The molecule has 0 aliphatic rings. The van der Waals surface area contributed by atoms with Crippen LogP contribution in [0, 0.1) is 11.8 Å². The van der Waals surface area contributed by atoms with Crippen molar-refractivity contribution in [3.05, 3.63) is 0 Å². The van der Waals surface area contributed by atoms with Gasteiger partial charge in [-0.3, -0.25) is 0 Å². The van der Waals surface area contributed by atoms with Crippen LogP contribution in [-0.4, -0.2) is 0 Å². The Morgan fingerprint density at radius 2 is 1.18 bits per heavy atom. The zero-order valence-electron chi connectivity index (χ0n) is 12.9. The van der Waals surface area contributed by atoms with Crippen LogP contribution in [-0.2, 0) is 0 Å². The molecule has 0 rings (SSSR count). The van der Waals surface area contributed by atoms with Crippen molar-refractivity contribution in [3.63, 3.8) is 0 Å². The van der Waals surface area contributed by atoms with Gasteiger partial charge < -0.3 is 0 Å². The van der Waals surface area contributed by atoms with Crippen molar-refractivity contribution >= 4 is 0 Å². The maximum absolute atomic E-state index is 2.37. The van der Waals surface area contributed by atoms with Gasteiger partial charge in [-0.1, -0.05) is 98.3 Å². The van der Waals surface area contributed by atoms with Crippen molar-refractivity contribution in [2.75, 3.05) is 0 Å². The maximum atomic E-state index is 2.37. The molecule has 0 saturated carbocycles. The summed E-state index contributed by atoms with van der Waals surface area (Å²) in [7, 11) is 0. The molecule has 17 heavy (non-hydrogen) atoms. The van der Waals surface area contributed by atoms with Crippen LogP contribution < -0.4 is 0 Å². The van der Waals surface area contributed by atoms with Crippen molar-refractivity contribution in [2.24, 2.45) is 11.8 Å². The van der Waals surface area contributed by atoms with E-state index in [-0.39, 0.29) is 0 Å². The van der Waals surface area contributed by atoms with Gasteiger partial charge in [0.15, 0.2) is 0 Å². The van der Waals surface area contributed by atoms with Crippen LogP contribution in [0.25, 0.3) is 0 Å². The molecule has 0 aromatic heterocycles. The van der Waals surface area contributed by atoms with E-state index >= 15 is 0 Å². The van der Waals surface area contributed by atoms with Crippen molar-refractivity contribution in [1.82, 2.24) is 0 Å². The van der Waals surface area contributed by atoms with E-state index in [1.165, 1.54) is 70.6 Å². The second-order valence-corrected chi connectivity index (χ2v) is 6.16. The molecule has 0 aliphatic carbocycles. The Hall–Kier alpha value is 0. The third kappa shape index (κ3) is 12.2. The molecule has 0 heterocycles. The van der Waals surface area contributed by atoms with Gasteiger partial charge in [0.25, 0.3) is 0 Å². The van der Waals surface area contributed by atoms with Gasteiger partial charge in [-0.2, -0.15) is 0 Å². The number of unbranched alkanes of at least 4 members (excludes halogenated alkanes) is 5. The molecule has 1 atom stereocenters. The molecule has 0 nitrogen and oxygen atoms in total. The number of hydrogen-bond acceptors (Lipinski definition) is 0. The van der Waals surface area contributed by atoms with Gasteiger partial charge in [-0.05, 0) is 11.8 Å². The molecule has 104 valence electrons. The van der Waals surface area contributed by atoms with Crippen molar-refractivity contribution < 1.29 is 0 Å². The van der Waals surface area contributed by atoms with E-state index < -0.39 is 0 Å². The minimum atomic E-state index is 0.896. The summed E-state index contributed by atoms with van der Waals surface area (Å²) < 4.78 is 0. The van der Waals surface area contributed by atoms with E-state index in [2.05, 4.69) is 27.7 Å². The lowest BCUT2D eigenvalue weighted by Gasteiger charge is -2.14. The fourth-order valence-electron chi connectivity index (χ4n) is 2.57. The van der Waals surface area contributed by atoms with Gasteiger partial charge in [-0.25, -0.2) is 0 Å². The normalized spacial score (nSPS) is 13.2. The van der Waals surface area contributed by atoms with Crippen molar-refractivity contribution in [1.29, 1.82) is 0 Å². The topological polar surface area (TPSA) is 0 Å². The molecule has 0 fully saturated rings. The van der Waals surface area contributed by atoms with Crippen LogP contribution >= 0.6 is 0 Å². The Bertz CT molecular complexity index is 137. The fraction of sp³-hybridized carbons (Fsp3) is 1.00. The first kappa shape index (κ1) is 17.0. The average Bonchev–Trinajstić information content (AvgIpc) is 2.31. The Kier molecular flexibility index (Phi) is 12.5. The van der Waals surface area contributed by atoms with E-state index in [9.17, 15) is 0 Å². The van der Waals surface area contributed by atoms with Gasteiger partial charge in [0.1, 0.15) is 0 Å². The van der Waals surface area contributed by atoms with E-state index in [1.807, 2.05) is 0 Å². The van der Waals surface area contributed by atoms with Crippen molar-refractivity contribution in [2.45, 2.75) is 98.3 Å².